The molecule has 0 aliphatic heterocycles. The number of nitriles is 1. The highest BCUT2D eigenvalue weighted by Crippen LogP contribution is 2.27. The molecule has 1 fully saturated rings. The molecule has 0 bridgehead atoms. The molecule has 1 aliphatic rings. The number of benzene rings is 1. The zero-order chi connectivity index (χ0) is 15.1. The van der Waals surface area contributed by atoms with Crippen molar-refractivity contribution in [1.29, 1.82) is 5.26 Å². The van der Waals surface area contributed by atoms with Gasteiger partial charge in [0.1, 0.15) is 5.75 Å². The van der Waals surface area contributed by atoms with Crippen LogP contribution in [0.1, 0.15) is 45.1 Å². The van der Waals surface area contributed by atoms with Gasteiger partial charge in [-0.3, -0.25) is 0 Å². The van der Waals surface area contributed by atoms with Crippen LogP contribution >= 0.6 is 0 Å². The van der Waals surface area contributed by atoms with Gasteiger partial charge in [-0.05, 0) is 62.4 Å². The summed E-state index contributed by atoms with van der Waals surface area (Å²) in [5, 5.41) is 8.75. The molecule has 0 amide bonds. The molecular weight excluding hydrogens is 260 g/mol. The van der Waals surface area contributed by atoms with Crippen LogP contribution in [-0.2, 0) is 0 Å². The van der Waals surface area contributed by atoms with Crippen LogP contribution in [0.5, 0.6) is 5.75 Å². The number of ether oxygens (including phenoxy) is 1. The second-order valence-corrected chi connectivity index (χ2v) is 6.29. The minimum atomic E-state index is 0.677. The van der Waals surface area contributed by atoms with E-state index in [-0.39, 0.29) is 0 Å². The summed E-state index contributed by atoms with van der Waals surface area (Å²) < 4.78 is 5.75. The van der Waals surface area contributed by atoms with Crippen LogP contribution in [0.3, 0.4) is 0 Å². The first-order valence-corrected chi connectivity index (χ1v) is 8.06. The summed E-state index contributed by atoms with van der Waals surface area (Å²) in [6.07, 6.45) is 5.09. The van der Waals surface area contributed by atoms with E-state index in [9.17, 15) is 0 Å². The van der Waals surface area contributed by atoms with E-state index in [1.807, 2.05) is 12.1 Å². The molecule has 2 rings (SSSR count). The van der Waals surface area contributed by atoms with E-state index >= 15 is 0 Å². The molecule has 1 saturated carbocycles. The van der Waals surface area contributed by atoms with Crippen LogP contribution in [0.2, 0.25) is 0 Å². The number of rotatable bonds is 9. The van der Waals surface area contributed by atoms with Crippen LogP contribution < -0.4 is 4.74 Å². The molecule has 3 nitrogen and oxygen atoms in total. The number of nitrogens with zero attached hydrogens (tertiary/aromatic N) is 2. The van der Waals surface area contributed by atoms with Crippen molar-refractivity contribution in [3.8, 4) is 11.8 Å². The van der Waals surface area contributed by atoms with Gasteiger partial charge in [0.05, 0.1) is 18.2 Å². The van der Waals surface area contributed by atoms with Crippen LogP contribution in [0, 0.1) is 17.2 Å². The van der Waals surface area contributed by atoms with E-state index in [1.165, 1.54) is 25.8 Å². The highest BCUT2D eigenvalue weighted by molar-refractivity contribution is 5.34. The fourth-order valence-electron chi connectivity index (χ4n) is 2.42. The summed E-state index contributed by atoms with van der Waals surface area (Å²) in [6.45, 7) is 7.68. The molecule has 0 saturated heterocycles. The Morgan fingerprint density at radius 3 is 2.52 bits per heavy atom. The third-order valence-corrected chi connectivity index (χ3v) is 3.90. The minimum Gasteiger partial charge on any atom is -0.494 e. The predicted molar refractivity (Wildman–Crippen MR) is 85.3 cm³/mol. The lowest BCUT2D eigenvalue weighted by Crippen LogP contribution is -2.30. The van der Waals surface area contributed by atoms with Gasteiger partial charge in [0.2, 0.25) is 0 Å². The normalized spacial score (nSPS) is 14.4. The molecule has 0 radical (unpaired) electrons. The van der Waals surface area contributed by atoms with E-state index in [0.717, 1.165) is 37.3 Å². The maximum atomic E-state index is 8.75. The summed E-state index contributed by atoms with van der Waals surface area (Å²) in [4.78, 5) is 2.63. The van der Waals surface area contributed by atoms with Gasteiger partial charge < -0.3 is 9.64 Å². The standard InChI is InChI=1S/C18H26N2O/c1-15(2)10-12-20(17-6-7-17)11-3-13-21-18-8-4-16(14-19)5-9-18/h4-5,8-9,15,17H,3,6-7,10-13H2,1-2H3. The van der Waals surface area contributed by atoms with Gasteiger partial charge in [0.15, 0.2) is 0 Å². The highest BCUT2D eigenvalue weighted by Gasteiger charge is 2.28. The van der Waals surface area contributed by atoms with Crippen molar-refractivity contribution in [3.63, 3.8) is 0 Å². The first-order chi connectivity index (χ1) is 10.2. The highest BCUT2D eigenvalue weighted by atomic mass is 16.5. The molecule has 1 aromatic carbocycles. The maximum Gasteiger partial charge on any atom is 0.119 e. The van der Waals surface area contributed by atoms with Gasteiger partial charge in [-0.1, -0.05) is 13.8 Å². The summed E-state index contributed by atoms with van der Waals surface area (Å²) in [5.41, 5.74) is 0.677. The monoisotopic (exact) mass is 286 g/mol. The van der Waals surface area contributed by atoms with Crippen LogP contribution in [0.4, 0.5) is 0 Å². The van der Waals surface area contributed by atoms with Gasteiger partial charge >= 0.3 is 0 Å². The lowest BCUT2D eigenvalue weighted by atomic mass is 10.1. The molecule has 0 spiro atoms. The Labute approximate surface area is 128 Å². The lowest BCUT2D eigenvalue weighted by Gasteiger charge is -2.22. The number of hydrogen-bond acceptors (Lipinski definition) is 3. The molecule has 1 aromatic rings. The van der Waals surface area contributed by atoms with E-state index in [4.69, 9.17) is 10.00 Å². The largest absolute Gasteiger partial charge is 0.494 e. The summed E-state index contributed by atoms with van der Waals surface area (Å²) in [6, 6.07) is 10.3. The molecule has 0 heterocycles. The zero-order valence-corrected chi connectivity index (χ0v) is 13.2. The van der Waals surface area contributed by atoms with Crippen molar-refractivity contribution < 1.29 is 4.74 Å². The fourth-order valence-corrected chi connectivity index (χ4v) is 2.42. The van der Waals surface area contributed by atoms with Crippen LogP contribution in [0.15, 0.2) is 24.3 Å². The second-order valence-electron chi connectivity index (χ2n) is 6.29. The van der Waals surface area contributed by atoms with Gasteiger partial charge in [-0.2, -0.15) is 5.26 Å². The second kappa shape index (κ2) is 8.05. The Morgan fingerprint density at radius 2 is 1.95 bits per heavy atom. The van der Waals surface area contributed by atoms with Crippen molar-refractivity contribution in [3.05, 3.63) is 29.8 Å². The van der Waals surface area contributed by atoms with Gasteiger partial charge in [-0.15, -0.1) is 0 Å². The molecule has 0 aromatic heterocycles. The third kappa shape index (κ3) is 5.77. The first kappa shape index (κ1) is 15.9. The average Bonchev–Trinajstić information content (AvgIpc) is 3.31. The molecule has 114 valence electrons. The van der Waals surface area contributed by atoms with Crippen LogP contribution in [-0.4, -0.2) is 30.6 Å². The Bertz CT molecular complexity index is 457. The summed E-state index contributed by atoms with van der Waals surface area (Å²) >= 11 is 0. The van der Waals surface area contributed by atoms with Gasteiger partial charge in [0.25, 0.3) is 0 Å². The third-order valence-electron chi connectivity index (χ3n) is 3.90. The number of hydrogen-bond donors (Lipinski definition) is 0. The maximum absolute atomic E-state index is 8.75. The molecule has 0 N–H and O–H groups in total. The zero-order valence-electron chi connectivity index (χ0n) is 13.2. The average molecular weight is 286 g/mol. The SMILES string of the molecule is CC(C)CCN(CCCOc1ccc(C#N)cc1)C1CC1. The minimum absolute atomic E-state index is 0.677. The van der Waals surface area contributed by atoms with Crippen molar-refractivity contribution >= 4 is 0 Å². The molecule has 0 atom stereocenters. The predicted octanol–water partition coefficient (Wildman–Crippen LogP) is 3.84. The smallest absolute Gasteiger partial charge is 0.119 e. The summed E-state index contributed by atoms with van der Waals surface area (Å²) in [7, 11) is 0. The fraction of sp³-hybridized carbons (Fsp3) is 0.611. The quantitative estimate of drug-likeness (QED) is 0.647. The van der Waals surface area contributed by atoms with Gasteiger partial charge in [0, 0.05) is 12.6 Å². The van der Waals surface area contributed by atoms with E-state index < -0.39 is 0 Å². The Hall–Kier alpha value is -1.53. The Morgan fingerprint density at radius 1 is 1.24 bits per heavy atom. The van der Waals surface area contributed by atoms with Crippen LogP contribution in [0.25, 0.3) is 0 Å². The molecular formula is C18H26N2O. The Balaban J connectivity index is 1.66. The molecule has 3 heteroatoms. The van der Waals surface area contributed by atoms with E-state index in [1.54, 1.807) is 12.1 Å². The van der Waals surface area contributed by atoms with Gasteiger partial charge in [-0.25, -0.2) is 0 Å². The topological polar surface area (TPSA) is 36.3 Å². The van der Waals surface area contributed by atoms with Crippen molar-refractivity contribution in [2.24, 2.45) is 5.92 Å². The summed E-state index contributed by atoms with van der Waals surface area (Å²) in [5.74, 6) is 1.63. The molecule has 1 aliphatic carbocycles. The van der Waals surface area contributed by atoms with Crippen molar-refractivity contribution in [2.75, 3.05) is 19.7 Å². The van der Waals surface area contributed by atoms with Crippen molar-refractivity contribution in [1.82, 2.24) is 4.90 Å². The first-order valence-electron chi connectivity index (χ1n) is 8.06. The Kier molecular flexibility index (Phi) is 6.07. The van der Waals surface area contributed by atoms with E-state index in [0.29, 0.717) is 5.56 Å². The molecule has 0 unspecified atom stereocenters. The van der Waals surface area contributed by atoms with Crippen molar-refractivity contribution in [2.45, 2.75) is 45.6 Å². The van der Waals surface area contributed by atoms with E-state index in [2.05, 4.69) is 24.8 Å². The lowest BCUT2D eigenvalue weighted by molar-refractivity contribution is 0.217. The molecule has 21 heavy (non-hydrogen) atoms.